The number of carboxylic acid groups (broad SMARTS) is 1. The van der Waals surface area contributed by atoms with Crippen LogP contribution in [0.15, 0.2) is 24.3 Å². The van der Waals surface area contributed by atoms with E-state index in [0.717, 1.165) is 30.6 Å². The predicted molar refractivity (Wildman–Crippen MR) is 87.5 cm³/mol. The van der Waals surface area contributed by atoms with E-state index < -0.39 is 11.5 Å². The summed E-state index contributed by atoms with van der Waals surface area (Å²) in [5.74, 6) is -0.280. The second kappa shape index (κ2) is 7.99. The zero-order valence-corrected chi connectivity index (χ0v) is 13.6. The van der Waals surface area contributed by atoms with E-state index >= 15 is 0 Å². The lowest BCUT2D eigenvalue weighted by atomic mass is 9.97. The van der Waals surface area contributed by atoms with Crippen molar-refractivity contribution in [2.75, 3.05) is 6.61 Å². The van der Waals surface area contributed by atoms with Crippen LogP contribution < -0.4 is 10.1 Å². The number of amides is 1. The molecule has 1 aliphatic rings. The molecule has 5 heteroatoms. The number of nitrogens with one attached hydrogen (secondary N) is 1. The molecule has 1 aromatic carbocycles. The normalized spacial score (nSPS) is 16.0. The standard InChI is InChI=1S/C18H25NO4/c1-2-13-23-15-8-5-14(6-9-15)7-10-16(20)19-18(17(21)22)11-3-4-12-18/h5-6,8-9H,2-4,7,10-13H2,1H3,(H,19,20)(H,21,22). The molecule has 1 fully saturated rings. The minimum Gasteiger partial charge on any atom is -0.494 e. The molecule has 0 aliphatic heterocycles. The monoisotopic (exact) mass is 319 g/mol. The molecule has 1 amide bonds. The van der Waals surface area contributed by atoms with Gasteiger partial charge in [-0.1, -0.05) is 31.9 Å². The maximum Gasteiger partial charge on any atom is 0.329 e. The van der Waals surface area contributed by atoms with Gasteiger partial charge in [0, 0.05) is 6.42 Å². The van der Waals surface area contributed by atoms with Gasteiger partial charge in [-0.2, -0.15) is 0 Å². The van der Waals surface area contributed by atoms with Crippen LogP contribution in [-0.4, -0.2) is 29.1 Å². The quantitative estimate of drug-likeness (QED) is 0.772. The van der Waals surface area contributed by atoms with Crippen molar-refractivity contribution in [1.29, 1.82) is 0 Å². The van der Waals surface area contributed by atoms with Gasteiger partial charge in [-0.25, -0.2) is 4.79 Å². The fourth-order valence-corrected chi connectivity index (χ4v) is 2.93. The maximum atomic E-state index is 12.1. The van der Waals surface area contributed by atoms with E-state index in [1.54, 1.807) is 0 Å². The number of aryl methyl sites for hydroxylation is 1. The minimum absolute atomic E-state index is 0.194. The molecule has 0 saturated heterocycles. The van der Waals surface area contributed by atoms with Crippen molar-refractivity contribution in [2.45, 2.75) is 57.4 Å². The number of carboxylic acids is 1. The summed E-state index contributed by atoms with van der Waals surface area (Å²) in [6.45, 7) is 2.75. The Labute approximate surface area is 137 Å². The largest absolute Gasteiger partial charge is 0.494 e. The van der Waals surface area contributed by atoms with E-state index in [1.165, 1.54) is 0 Å². The number of aliphatic carboxylic acids is 1. The number of carbonyl (C=O) groups is 2. The third-order valence-electron chi connectivity index (χ3n) is 4.28. The highest BCUT2D eigenvalue weighted by molar-refractivity contribution is 5.87. The molecule has 5 nitrogen and oxygen atoms in total. The van der Waals surface area contributed by atoms with Crippen molar-refractivity contribution in [3.63, 3.8) is 0 Å². The Kier molecular flexibility index (Phi) is 6.02. The zero-order valence-electron chi connectivity index (χ0n) is 13.6. The number of rotatable bonds is 8. The Morgan fingerprint density at radius 3 is 2.43 bits per heavy atom. The summed E-state index contributed by atoms with van der Waals surface area (Å²) < 4.78 is 5.52. The van der Waals surface area contributed by atoms with Crippen molar-refractivity contribution < 1.29 is 19.4 Å². The molecule has 2 N–H and O–H groups in total. The van der Waals surface area contributed by atoms with Gasteiger partial charge in [0.15, 0.2) is 0 Å². The summed E-state index contributed by atoms with van der Waals surface area (Å²) in [6.07, 6.45) is 4.61. The first-order valence-electron chi connectivity index (χ1n) is 8.32. The Bertz CT molecular complexity index is 532. The van der Waals surface area contributed by atoms with Gasteiger partial charge < -0.3 is 15.2 Å². The Balaban J connectivity index is 1.83. The highest BCUT2D eigenvalue weighted by atomic mass is 16.5. The molecule has 0 heterocycles. The summed E-state index contributed by atoms with van der Waals surface area (Å²) in [5, 5.41) is 12.1. The van der Waals surface area contributed by atoms with Crippen LogP contribution in [0.5, 0.6) is 5.75 Å². The summed E-state index contributed by atoms with van der Waals surface area (Å²) in [7, 11) is 0. The molecule has 1 aromatic rings. The second-order valence-electron chi connectivity index (χ2n) is 6.13. The van der Waals surface area contributed by atoms with Gasteiger partial charge in [-0.15, -0.1) is 0 Å². The smallest absolute Gasteiger partial charge is 0.329 e. The Morgan fingerprint density at radius 1 is 1.22 bits per heavy atom. The summed E-state index contributed by atoms with van der Waals surface area (Å²) >= 11 is 0. The van der Waals surface area contributed by atoms with Crippen molar-refractivity contribution in [2.24, 2.45) is 0 Å². The van der Waals surface area contributed by atoms with Crippen LogP contribution in [0.4, 0.5) is 0 Å². The van der Waals surface area contributed by atoms with Crippen LogP contribution in [0.2, 0.25) is 0 Å². The number of hydrogen-bond acceptors (Lipinski definition) is 3. The van der Waals surface area contributed by atoms with Gasteiger partial charge in [0.05, 0.1) is 6.61 Å². The SMILES string of the molecule is CCCOc1ccc(CCC(=O)NC2(C(=O)O)CCCC2)cc1. The first-order valence-corrected chi connectivity index (χ1v) is 8.32. The summed E-state index contributed by atoms with van der Waals surface area (Å²) in [6, 6.07) is 7.69. The van der Waals surface area contributed by atoms with Crippen LogP contribution in [-0.2, 0) is 16.0 Å². The molecule has 1 saturated carbocycles. The number of carbonyl (C=O) groups excluding carboxylic acids is 1. The molecule has 0 radical (unpaired) electrons. The predicted octanol–water partition coefficient (Wildman–Crippen LogP) is 2.92. The second-order valence-corrected chi connectivity index (χ2v) is 6.13. The number of benzene rings is 1. The van der Waals surface area contributed by atoms with Gasteiger partial charge in [-0.05, 0) is 43.4 Å². The third kappa shape index (κ3) is 4.71. The first-order chi connectivity index (χ1) is 11.1. The third-order valence-corrected chi connectivity index (χ3v) is 4.28. The highest BCUT2D eigenvalue weighted by Crippen LogP contribution is 2.30. The van der Waals surface area contributed by atoms with Gasteiger partial charge in [0.25, 0.3) is 0 Å². The average molecular weight is 319 g/mol. The van der Waals surface area contributed by atoms with E-state index in [9.17, 15) is 14.7 Å². The molecule has 0 unspecified atom stereocenters. The Hall–Kier alpha value is -2.04. The molecule has 0 spiro atoms. The number of ether oxygens (including phenoxy) is 1. The van der Waals surface area contributed by atoms with Crippen LogP contribution in [0.1, 0.15) is 51.0 Å². The summed E-state index contributed by atoms with van der Waals surface area (Å²) in [4.78, 5) is 23.5. The van der Waals surface area contributed by atoms with E-state index in [2.05, 4.69) is 12.2 Å². The van der Waals surface area contributed by atoms with Crippen molar-refractivity contribution in [1.82, 2.24) is 5.32 Å². The van der Waals surface area contributed by atoms with Crippen LogP contribution in [0.25, 0.3) is 0 Å². The lowest BCUT2D eigenvalue weighted by Gasteiger charge is -2.25. The Morgan fingerprint density at radius 2 is 1.87 bits per heavy atom. The van der Waals surface area contributed by atoms with Crippen LogP contribution in [0, 0.1) is 0 Å². The molecule has 23 heavy (non-hydrogen) atoms. The van der Waals surface area contributed by atoms with Crippen LogP contribution in [0.3, 0.4) is 0 Å². The lowest BCUT2D eigenvalue weighted by Crippen LogP contribution is -2.52. The fourth-order valence-electron chi connectivity index (χ4n) is 2.93. The van der Waals surface area contributed by atoms with E-state index in [1.807, 2.05) is 24.3 Å². The molecule has 0 bridgehead atoms. The van der Waals surface area contributed by atoms with Crippen LogP contribution >= 0.6 is 0 Å². The molecule has 126 valence electrons. The van der Waals surface area contributed by atoms with Gasteiger partial charge in [-0.3, -0.25) is 4.79 Å². The molecule has 0 aromatic heterocycles. The number of hydrogen-bond donors (Lipinski definition) is 2. The average Bonchev–Trinajstić information content (AvgIpc) is 3.02. The van der Waals surface area contributed by atoms with Crippen molar-refractivity contribution in [3.8, 4) is 5.75 Å². The molecule has 2 rings (SSSR count). The summed E-state index contributed by atoms with van der Waals surface area (Å²) in [5.41, 5.74) is -0.00522. The van der Waals surface area contributed by atoms with Crippen molar-refractivity contribution >= 4 is 11.9 Å². The topological polar surface area (TPSA) is 75.6 Å². The van der Waals surface area contributed by atoms with Gasteiger partial charge in [0.2, 0.25) is 5.91 Å². The maximum absolute atomic E-state index is 12.1. The molecule has 1 aliphatic carbocycles. The lowest BCUT2D eigenvalue weighted by molar-refractivity contribution is -0.147. The highest BCUT2D eigenvalue weighted by Gasteiger charge is 2.42. The minimum atomic E-state index is -1.05. The van der Waals surface area contributed by atoms with E-state index in [0.29, 0.717) is 32.3 Å². The van der Waals surface area contributed by atoms with E-state index in [-0.39, 0.29) is 5.91 Å². The van der Waals surface area contributed by atoms with Crippen molar-refractivity contribution in [3.05, 3.63) is 29.8 Å². The fraction of sp³-hybridized carbons (Fsp3) is 0.556. The first kappa shape index (κ1) is 17.3. The molecular formula is C18H25NO4. The molecule has 0 atom stereocenters. The zero-order chi connectivity index (χ0) is 16.7. The van der Waals surface area contributed by atoms with Gasteiger partial charge >= 0.3 is 5.97 Å². The van der Waals surface area contributed by atoms with E-state index in [4.69, 9.17) is 4.74 Å². The molecular weight excluding hydrogens is 294 g/mol. The van der Waals surface area contributed by atoms with Gasteiger partial charge in [0.1, 0.15) is 11.3 Å².